The van der Waals surface area contributed by atoms with Gasteiger partial charge in [-0.1, -0.05) is 19.9 Å². The number of oxazole rings is 1. The third-order valence-corrected chi connectivity index (χ3v) is 2.73. The van der Waals surface area contributed by atoms with Crippen LogP contribution in [0.25, 0.3) is 11.5 Å². The van der Waals surface area contributed by atoms with Crippen molar-refractivity contribution in [1.82, 2.24) is 4.98 Å². The Balaban J connectivity index is 2.46. The minimum Gasteiger partial charge on any atom is -0.460 e. The quantitative estimate of drug-likeness (QED) is 0.798. The Hall–Kier alpha value is -2.17. The van der Waals surface area contributed by atoms with Crippen LogP contribution in [-0.4, -0.2) is 17.6 Å². The van der Waals surface area contributed by atoms with Crippen LogP contribution in [0.2, 0.25) is 0 Å². The topological polar surface area (TPSA) is 52.3 Å². The third kappa shape index (κ3) is 2.87. The molecule has 20 heavy (non-hydrogen) atoms. The zero-order valence-corrected chi connectivity index (χ0v) is 11.6. The molecular formula is C15H16FNO3. The van der Waals surface area contributed by atoms with Crippen LogP contribution in [0.1, 0.15) is 42.9 Å². The Labute approximate surface area is 116 Å². The van der Waals surface area contributed by atoms with E-state index in [2.05, 4.69) is 4.98 Å². The molecule has 0 aliphatic heterocycles. The number of hydrogen-bond donors (Lipinski definition) is 0. The van der Waals surface area contributed by atoms with Gasteiger partial charge in [0.2, 0.25) is 11.7 Å². The van der Waals surface area contributed by atoms with Crippen LogP contribution in [0.3, 0.4) is 0 Å². The van der Waals surface area contributed by atoms with Gasteiger partial charge in [0, 0.05) is 5.56 Å². The fourth-order valence-corrected chi connectivity index (χ4v) is 1.81. The van der Waals surface area contributed by atoms with Crippen molar-refractivity contribution in [3.8, 4) is 11.5 Å². The number of nitrogens with zero attached hydrogens (tertiary/aromatic N) is 1. The van der Waals surface area contributed by atoms with Gasteiger partial charge in [0.25, 0.3) is 0 Å². The predicted molar refractivity (Wildman–Crippen MR) is 71.9 cm³/mol. The normalized spacial score (nSPS) is 10.8. The lowest BCUT2D eigenvalue weighted by Crippen LogP contribution is -2.07. The van der Waals surface area contributed by atoms with E-state index < -0.39 is 5.97 Å². The van der Waals surface area contributed by atoms with E-state index in [1.165, 1.54) is 12.1 Å². The molecule has 0 bridgehead atoms. The lowest BCUT2D eigenvalue weighted by Gasteiger charge is -2.02. The Bertz CT molecular complexity index is 619. The van der Waals surface area contributed by atoms with Crippen molar-refractivity contribution in [2.24, 2.45) is 0 Å². The van der Waals surface area contributed by atoms with Gasteiger partial charge in [-0.3, -0.25) is 0 Å². The summed E-state index contributed by atoms with van der Waals surface area (Å²) in [6, 6.07) is 5.88. The Morgan fingerprint density at radius 1 is 1.45 bits per heavy atom. The average Bonchev–Trinajstić information content (AvgIpc) is 2.84. The maximum atomic E-state index is 13.2. The van der Waals surface area contributed by atoms with E-state index >= 15 is 0 Å². The summed E-state index contributed by atoms with van der Waals surface area (Å²) in [6.45, 7) is 5.77. The van der Waals surface area contributed by atoms with Gasteiger partial charge in [-0.05, 0) is 31.0 Å². The molecule has 4 nitrogen and oxygen atoms in total. The number of halogens is 1. The van der Waals surface area contributed by atoms with Gasteiger partial charge in [-0.25, -0.2) is 14.2 Å². The molecule has 0 saturated carbocycles. The summed E-state index contributed by atoms with van der Waals surface area (Å²) in [4.78, 5) is 16.1. The molecular weight excluding hydrogens is 261 g/mol. The zero-order valence-electron chi connectivity index (χ0n) is 11.6. The summed E-state index contributed by atoms with van der Waals surface area (Å²) in [5, 5.41) is 0. The van der Waals surface area contributed by atoms with Crippen LogP contribution in [-0.2, 0) is 4.74 Å². The number of aromatic nitrogens is 1. The highest BCUT2D eigenvalue weighted by Gasteiger charge is 2.24. The third-order valence-electron chi connectivity index (χ3n) is 2.73. The van der Waals surface area contributed by atoms with Crippen molar-refractivity contribution in [3.05, 3.63) is 41.5 Å². The minimum atomic E-state index is -0.550. The summed E-state index contributed by atoms with van der Waals surface area (Å²) >= 11 is 0. The van der Waals surface area contributed by atoms with Gasteiger partial charge in [0.15, 0.2) is 0 Å². The predicted octanol–water partition coefficient (Wildman–Crippen LogP) is 3.78. The summed E-state index contributed by atoms with van der Waals surface area (Å²) in [7, 11) is 0. The molecule has 0 fully saturated rings. The van der Waals surface area contributed by atoms with Crippen molar-refractivity contribution in [3.63, 3.8) is 0 Å². The van der Waals surface area contributed by atoms with Gasteiger partial charge in [0.1, 0.15) is 5.82 Å². The van der Waals surface area contributed by atoms with Crippen LogP contribution in [0.5, 0.6) is 0 Å². The molecule has 2 rings (SSSR count). The molecule has 0 radical (unpaired) electrons. The Kier molecular flexibility index (Phi) is 4.17. The number of hydrogen-bond acceptors (Lipinski definition) is 4. The zero-order chi connectivity index (χ0) is 14.7. The minimum absolute atomic E-state index is 0.000431. The van der Waals surface area contributed by atoms with Gasteiger partial charge < -0.3 is 9.15 Å². The highest BCUT2D eigenvalue weighted by atomic mass is 19.1. The molecule has 106 valence electrons. The van der Waals surface area contributed by atoms with E-state index in [0.717, 1.165) is 0 Å². The van der Waals surface area contributed by atoms with Gasteiger partial charge in [-0.2, -0.15) is 0 Å². The maximum absolute atomic E-state index is 13.2. The molecule has 0 unspecified atom stereocenters. The summed E-state index contributed by atoms with van der Waals surface area (Å²) < 4.78 is 23.7. The second kappa shape index (κ2) is 5.86. The molecule has 5 heteroatoms. The first-order valence-electron chi connectivity index (χ1n) is 6.46. The van der Waals surface area contributed by atoms with E-state index in [4.69, 9.17) is 9.15 Å². The first-order valence-corrected chi connectivity index (χ1v) is 6.46. The summed E-state index contributed by atoms with van der Waals surface area (Å²) in [6.07, 6.45) is 0. The SMILES string of the molecule is CCOC(=O)c1oc(-c2cccc(F)c2)nc1C(C)C. The maximum Gasteiger partial charge on any atom is 0.376 e. The number of carbonyl (C=O) groups is 1. The highest BCUT2D eigenvalue weighted by molar-refractivity contribution is 5.88. The van der Waals surface area contributed by atoms with Crippen LogP contribution < -0.4 is 0 Å². The first kappa shape index (κ1) is 14.2. The molecule has 0 aliphatic carbocycles. The van der Waals surface area contributed by atoms with Crippen LogP contribution in [0, 0.1) is 5.82 Å². The smallest absolute Gasteiger partial charge is 0.376 e. The Morgan fingerprint density at radius 2 is 2.20 bits per heavy atom. The second-order valence-corrected chi connectivity index (χ2v) is 4.62. The molecule has 0 spiro atoms. The highest BCUT2D eigenvalue weighted by Crippen LogP contribution is 2.27. The standard InChI is InChI=1S/C15H16FNO3/c1-4-19-15(18)13-12(9(2)3)17-14(20-13)10-6-5-7-11(16)8-10/h5-9H,4H2,1-3H3. The van der Waals surface area contributed by atoms with Crippen molar-refractivity contribution >= 4 is 5.97 Å². The van der Waals surface area contributed by atoms with E-state index in [1.807, 2.05) is 13.8 Å². The number of ether oxygens (including phenoxy) is 1. The lowest BCUT2D eigenvalue weighted by molar-refractivity contribution is 0.0488. The molecule has 0 saturated heterocycles. The van der Waals surface area contributed by atoms with E-state index in [1.54, 1.807) is 19.1 Å². The monoisotopic (exact) mass is 277 g/mol. The van der Waals surface area contributed by atoms with E-state index in [0.29, 0.717) is 11.3 Å². The molecule has 0 aliphatic rings. The van der Waals surface area contributed by atoms with Crippen molar-refractivity contribution < 1.29 is 18.3 Å². The fourth-order valence-electron chi connectivity index (χ4n) is 1.81. The van der Waals surface area contributed by atoms with Crippen LogP contribution in [0.15, 0.2) is 28.7 Å². The molecule has 1 aromatic heterocycles. The van der Waals surface area contributed by atoms with Gasteiger partial charge >= 0.3 is 5.97 Å². The number of benzene rings is 1. The molecule has 0 atom stereocenters. The number of esters is 1. The first-order chi connectivity index (χ1) is 9.52. The molecule has 0 amide bonds. The van der Waals surface area contributed by atoms with Crippen molar-refractivity contribution in [2.45, 2.75) is 26.7 Å². The van der Waals surface area contributed by atoms with Crippen LogP contribution in [0.4, 0.5) is 4.39 Å². The summed E-state index contributed by atoms with van der Waals surface area (Å²) in [5.74, 6) is -0.631. The molecule has 2 aromatic rings. The fraction of sp³-hybridized carbons (Fsp3) is 0.333. The van der Waals surface area contributed by atoms with Crippen LogP contribution >= 0.6 is 0 Å². The van der Waals surface area contributed by atoms with Gasteiger partial charge in [-0.15, -0.1) is 0 Å². The van der Waals surface area contributed by atoms with Crippen molar-refractivity contribution in [1.29, 1.82) is 0 Å². The van der Waals surface area contributed by atoms with Gasteiger partial charge in [0.05, 0.1) is 12.3 Å². The largest absolute Gasteiger partial charge is 0.460 e. The number of carbonyl (C=O) groups excluding carboxylic acids is 1. The number of rotatable bonds is 4. The molecule has 1 aromatic carbocycles. The van der Waals surface area contributed by atoms with E-state index in [9.17, 15) is 9.18 Å². The lowest BCUT2D eigenvalue weighted by atomic mass is 10.1. The average molecular weight is 277 g/mol. The summed E-state index contributed by atoms with van der Waals surface area (Å²) in [5.41, 5.74) is 1.00. The second-order valence-electron chi connectivity index (χ2n) is 4.62. The Morgan fingerprint density at radius 3 is 2.80 bits per heavy atom. The van der Waals surface area contributed by atoms with E-state index in [-0.39, 0.29) is 30.0 Å². The molecule has 1 heterocycles. The van der Waals surface area contributed by atoms with Crippen molar-refractivity contribution in [2.75, 3.05) is 6.61 Å². The molecule has 0 N–H and O–H groups in total.